The minimum atomic E-state index is -3.74. The van der Waals surface area contributed by atoms with Gasteiger partial charge in [0.15, 0.2) is 0 Å². The van der Waals surface area contributed by atoms with Crippen LogP contribution in [0.2, 0.25) is 5.02 Å². The van der Waals surface area contributed by atoms with Crippen LogP contribution in [-0.2, 0) is 24.8 Å². The molecule has 1 N–H and O–H groups in total. The van der Waals surface area contributed by atoms with E-state index in [9.17, 15) is 21.6 Å². The summed E-state index contributed by atoms with van der Waals surface area (Å²) in [6.45, 7) is 0.953. The average molecular weight is 551 g/mol. The zero-order valence-corrected chi connectivity index (χ0v) is 21.9. The predicted molar refractivity (Wildman–Crippen MR) is 136 cm³/mol. The Morgan fingerprint density at radius 1 is 0.889 bits per heavy atom. The van der Waals surface area contributed by atoms with Gasteiger partial charge in [-0.15, -0.1) is 0 Å². The average Bonchev–Trinajstić information content (AvgIpc) is 3.20. The van der Waals surface area contributed by atoms with Gasteiger partial charge in [-0.2, -0.15) is 8.61 Å². The number of amides is 1. The van der Waals surface area contributed by atoms with Crippen molar-refractivity contribution in [2.75, 3.05) is 26.2 Å². The fourth-order valence-corrected chi connectivity index (χ4v) is 8.36. The maximum atomic E-state index is 13.1. The molecule has 2 fully saturated rings. The van der Waals surface area contributed by atoms with Gasteiger partial charge in [-0.05, 0) is 56.0 Å². The van der Waals surface area contributed by atoms with E-state index in [4.69, 9.17) is 16.6 Å². The van der Waals surface area contributed by atoms with Gasteiger partial charge in [0.05, 0.1) is 9.79 Å². The lowest BCUT2D eigenvalue weighted by Crippen LogP contribution is -2.50. The molecule has 0 aromatic heterocycles. The Balaban J connectivity index is 1.30. The number of nitrogens with zero attached hydrogens (tertiary/aromatic N) is 3. The Bertz CT molecular complexity index is 1400. The third-order valence-corrected chi connectivity index (χ3v) is 11.1. The van der Waals surface area contributed by atoms with Crippen LogP contribution in [-0.4, -0.2) is 68.9 Å². The first kappa shape index (κ1) is 25.3. The van der Waals surface area contributed by atoms with Crippen molar-refractivity contribution in [3.8, 4) is 0 Å². The molecule has 0 aliphatic carbocycles. The number of piperidine rings is 2. The number of rotatable bonds is 5. The Labute approximate surface area is 216 Å². The molecule has 2 aromatic rings. The standard InChI is InChI=1S/C24H27ClN4O5S2/c25-19-7-4-10-21(16-19)36(33,34)28-14-11-24(12-15-28)23(30)26-22(27-24)18-6-5-13-29(17-18)35(31,32)20-8-2-1-3-9-20/h1-4,7-10,16,18H,5-6,11-15,17H2,(H,26,27,30). The molecule has 0 bridgehead atoms. The number of sulfonamides is 2. The van der Waals surface area contributed by atoms with Gasteiger partial charge >= 0.3 is 0 Å². The molecule has 3 aliphatic heterocycles. The number of hydrogen-bond acceptors (Lipinski definition) is 6. The summed E-state index contributed by atoms with van der Waals surface area (Å²) in [4.78, 5) is 18.2. The normalized spacial score (nSPS) is 23.4. The van der Waals surface area contributed by atoms with Crippen molar-refractivity contribution < 1.29 is 21.6 Å². The van der Waals surface area contributed by atoms with Crippen molar-refractivity contribution in [1.82, 2.24) is 13.9 Å². The van der Waals surface area contributed by atoms with E-state index in [-0.39, 0.29) is 54.1 Å². The van der Waals surface area contributed by atoms with E-state index < -0.39 is 25.6 Å². The van der Waals surface area contributed by atoms with Crippen molar-refractivity contribution in [3.05, 3.63) is 59.6 Å². The van der Waals surface area contributed by atoms with Crippen LogP contribution in [0.15, 0.2) is 69.4 Å². The summed E-state index contributed by atoms with van der Waals surface area (Å²) < 4.78 is 55.1. The number of carbonyl (C=O) groups is 1. The van der Waals surface area contributed by atoms with Gasteiger partial charge in [-0.1, -0.05) is 35.9 Å². The lowest BCUT2D eigenvalue weighted by Gasteiger charge is -2.34. The quantitative estimate of drug-likeness (QED) is 0.614. The summed E-state index contributed by atoms with van der Waals surface area (Å²) >= 11 is 5.98. The minimum absolute atomic E-state index is 0.118. The number of nitrogens with one attached hydrogen (secondary N) is 1. The van der Waals surface area contributed by atoms with Gasteiger partial charge in [-0.3, -0.25) is 9.79 Å². The lowest BCUT2D eigenvalue weighted by molar-refractivity contribution is -0.125. The largest absolute Gasteiger partial charge is 0.312 e. The zero-order chi connectivity index (χ0) is 25.6. The Hall–Kier alpha value is -2.31. The highest BCUT2D eigenvalue weighted by molar-refractivity contribution is 7.89. The second kappa shape index (κ2) is 9.53. The SMILES string of the molecule is O=C1NC(C2CCCN(S(=O)(=O)c3ccccc3)C2)=NC12CCN(S(=O)(=O)c1cccc(Cl)c1)CC2. The molecular weight excluding hydrogens is 524 g/mol. The van der Waals surface area contributed by atoms with Gasteiger partial charge in [0.1, 0.15) is 11.4 Å². The van der Waals surface area contributed by atoms with E-state index in [0.717, 1.165) is 0 Å². The molecule has 192 valence electrons. The number of aliphatic imine (C=N–C) groups is 1. The third-order valence-electron chi connectivity index (χ3n) is 7.13. The summed E-state index contributed by atoms with van der Waals surface area (Å²) in [5, 5.41) is 3.23. The van der Waals surface area contributed by atoms with Crippen LogP contribution in [0.1, 0.15) is 25.7 Å². The molecule has 9 nitrogen and oxygen atoms in total. The van der Waals surface area contributed by atoms with E-state index in [1.165, 1.54) is 20.7 Å². The third kappa shape index (κ3) is 4.58. The number of benzene rings is 2. The second-order valence-electron chi connectivity index (χ2n) is 9.36. The fourth-order valence-electron chi connectivity index (χ4n) is 5.07. The number of hydrogen-bond donors (Lipinski definition) is 1. The molecule has 3 aliphatic rings. The molecule has 2 aromatic carbocycles. The van der Waals surface area contributed by atoms with Crippen LogP contribution in [0.5, 0.6) is 0 Å². The van der Waals surface area contributed by atoms with Crippen LogP contribution in [0.3, 0.4) is 0 Å². The van der Waals surface area contributed by atoms with Crippen LogP contribution >= 0.6 is 11.6 Å². The summed E-state index contributed by atoms with van der Waals surface area (Å²) in [5.41, 5.74) is -1.03. The topological polar surface area (TPSA) is 116 Å². The molecule has 12 heteroatoms. The first-order chi connectivity index (χ1) is 17.1. The second-order valence-corrected chi connectivity index (χ2v) is 13.7. The van der Waals surface area contributed by atoms with Gasteiger partial charge in [-0.25, -0.2) is 16.8 Å². The van der Waals surface area contributed by atoms with Gasteiger partial charge in [0.2, 0.25) is 20.0 Å². The van der Waals surface area contributed by atoms with E-state index in [1.54, 1.807) is 42.5 Å². The maximum Gasteiger partial charge on any atom is 0.253 e. The smallest absolute Gasteiger partial charge is 0.253 e. The molecule has 3 heterocycles. The highest BCUT2D eigenvalue weighted by Crippen LogP contribution is 2.35. The van der Waals surface area contributed by atoms with E-state index >= 15 is 0 Å². The Morgan fingerprint density at radius 3 is 2.25 bits per heavy atom. The lowest BCUT2D eigenvalue weighted by atomic mass is 9.89. The summed E-state index contributed by atoms with van der Waals surface area (Å²) in [6, 6.07) is 14.4. The van der Waals surface area contributed by atoms with Gasteiger partial charge < -0.3 is 5.32 Å². The van der Waals surface area contributed by atoms with Crippen LogP contribution in [0, 0.1) is 5.92 Å². The highest BCUT2D eigenvalue weighted by Gasteiger charge is 2.49. The van der Waals surface area contributed by atoms with Crippen LogP contribution < -0.4 is 5.32 Å². The Kier molecular flexibility index (Phi) is 6.71. The molecule has 0 radical (unpaired) electrons. The van der Waals surface area contributed by atoms with Gasteiger partial charge in [0, 0.05) is 37.1 Å². The molecule has 1 unspecified atom stereocenters. The molecule has 1 amide bonds. The number of carbonyl (C=O) groups excluding carboxylic acids is 1. The zero-order valence-electron chi connectivity index (χ0n) is 19.5. The van der Waals surface area contributed by atoms with Crippen molar-refractivity contribution in [1.29, 1.82) is 0 Å². The fraction of sp³-hybridized carbons (Fsp3) is 0.417. The van der Waals surface area contributed by atoms with E-state index in [0.29, 0.717) is 30.2 Å². The van der Waals surface area contributed by atoms with Crippen molar-refractivity contribution in [2.45, 2.75) is 41.0 Å². The number of amidine groups is 1. The molecule has 36 heavy (non-hydrogen) atoms. The molecular formula is C24H27ClN4O5S2. The first-order valence-electron chi connectivity index (χ1n) is 11.8. The minimum Gasteiger partial charge on any atom is -0.312 e. The van der Waals surface area contributed by atoms with Crippen molar-refractivity contribution >= 4 is 43.4 Å². The molecule has 1 spiro atoms. The van der Waals surface area contributed by atoms with E-state index in [2.05, 4.69) is 5.32 Å². The highest BCUT2D eigenvalue weighted by atomic mass is 35.5. The van der Waals surface area contributed by atoms with E-state index in [1.807, 2.05) is 0 Å². The molecule has 5 rings (SSSR count). The molecule has 1 atom stereocenters. The predicted octanol–water partition coefficient (Wildman–Crippen LogP) is 2.49. The Morgan fingerprint density at radius 2 is 1.56 bits per heavy atom. The molecule has 0 saturated carbocycles. The molecule has 2 saturated heterocycles. The van der Waals surface area contributed by atoms with Crippen LogP contribution in [0.4, 0.5) is 0 Å². The maximum absolute atomic E-state index is 13.1. The number of halogens is 1. The van der Waals surface area contributed by atoms with Crippen molar-refractivity contribution in [3.63, 3.8) is 0 Å². The van der Waals surface area contributed by atoms with Crippen LogP contribution in [0.25, 0.3) is 0 Å². The van der Waals surface area contributed by atoms with Gasteiger partial charge in [0.25, 0.3) is 5.91 Å². The summed E-state index contributed by atoms with van der Waals surface area (Å²) in [5.74, 6) is 0.0215. The summed E-state index contributed by atoms with van der Waals surface area (Å²) in [7, 11) is -7.38. The summed E-state index contributed by atoms with van der Waals surface area (Å²) in [6.07, 6.45) is 1.87. The van der Waals surface area contributed by atoms with Crippen molar-refractivity contribution in [2.24, 2.45) is 10.9 Å². The first-order valence-corrected chi connectivity index (χ1v) is 15.1. The monoisotopic (exact) mass is 550 g/mol.